The average molecular weight is 449 g/mol. The van der Waals surface area contributed by atoms with E-state index in [1.165, 1.54) is 0 Å². The quantitative estimate of drug-likeness (QED) is 0.486. The third-order valence-corrected chi connectivity index (χ3v) is 5.28. The van der Waals surface area contributed by atoms with Gasteiger partial charge in [0.15, 0.2) is 0 Å². The second-order valence-electron chi connectivity index (χ2n) is 6.92. The average Bonchev–Trinajstić information content (AvgIpc) is 3.15. The van der Waals surface area contributed by atoms with Crippen LogP contribution in [0.25, 0.3) is 6.08 Å². The zero-order chi connectivity index (χ0) is 22.7. The van der Waals surface area contributed by atoms with Crippen LogP contribution in [0.15, 0.2) is 77.4 Å². The molecule has 6 nitrogen and oxygen atoms in total. The molecule has 0 bridgehead atoms. The van der Waals surface area contributed by atoms with Crippen molar-refractivity contribution in [1.29, 1.82) is 0 Å². The summed E-state index contributed by atoms with van der Waals surface area (Å²) in [4.78, 5) is 19.7. The first-order valence-corrected chi connectivity index (χ1v) is 10.2. The molecule has 0 atom stereocenters. The third kappa shape index (κ3) is 4.18. The normalized spacial score (nSPS) is 14.5. The summed E-state index contributed by atoms with van der Waals surface area (Å²) in [6, 6.07) is 19.8. The Bertz CT molecular complexity index is 1200. The Labute approximate surface area is 191 Å². The molecule has 0 saturated heterocycles. The van der Waals surface area contributed by atoms with Crippen molar-refractivity contribution in [2.24, 2.45) is 4.99 Å². The van der Waals surface area contributed by atoms with Crippen LogP contribution in [0.2, 0.25) is 5.02 Å². The number of ether oxygens (including phenoxy) is 3. The number of anilines is 1. The minimum absolute atomic E-state index is 0.252. The maximum Gasteiger partial charge on any atom is 0.282 e. The van der Waals surface area contributed by atoms with Crippen molar-refractivity contribution in [2.75, 3.05) is 26.2 Å². The Morgan fingerprint density at radius 1 is 0.844 bits per heavy atom. The molecule has 7 heteroatoms. The number of hydrogen-bond donors (Lipinski definition) is 0. The van der Waals surface area contributed by atoms with E-state index in [2.05, 4.69) is 4.99 Å². The predicted octanol–water partition coefficient (Wildman–Crippen LogP) is 5.20. The Morgan fingerprint density at radius 3 is 2.12 bits per heavy atom. The van der Waals surface area contributed by atoms with Gasteiger partial charge in [-0.3, -0.25) is 9.69 Å². The van der Waals surface area contributed by atoms with Gasteiger partial charge in [-0.25, -0.2) is 4.99 Å². The molecule has 3 aromatic rings. The number of rotatable bonds is 6. The summed E-state index contributed by atoms with van der Waals surface area (Å²) in [5.41, 5.74) is 2.44. The van der Waals surface area contributed by atoms with Crippen molar-refractivity contribution in [3.63, 3.8) is 0 Å². The van der Waals surface area contributed by atoms with Crippen LogP contribution in [0.1, 0.15) is 11.1 Å². The fourth-order valence-electron chi connectivity index (χ4n) is 3.37. The lowest BCUT2D eigenvalue weighted by molar-refractivity contribution is -0.113. The van der Waals surface area contributed by atoms with Crippen molar-refractivity contribution in [1.82, 2.24) is 0 Å². The number of aliphatic imine (C=N–C) groups is 1. The topological polar surface area (TPSA) is 60.4 Å². The zero-order valence-corrected chi connectivity index (χ0v) is 18.6. The lowest BCUT2D eigenvalue weighted by atomic mass is 10.1. The number of amides is 1. The molecular formula is C25H21ClN2O4. The van der Waals surface area contributed by atoms with Crippen LogP contribution in [-0.2, 0) is 4.79 Å². The van der Waals surface area contributed by atoms with Crippen LogP contribution >= 0.6 is 11.6 Å². The lowest BCUT2D eigenvalue weighted by Gasteiger charge is -2.19. The lowest BCUT2D eigenvalue weighted by Crippen LogP contribution is -2.32. The number of methoxy groups -OCH3 is 3. The molecule has 0 N–H and O–H groups in total. The largest absolute Gasteiger partial charge is 0.497 e. The van der Waals surface area contributed by atoms with Gasteiger partial charge in [0.1, 0.15) is 28.8 Å². The minimum atomic E-state index is -0.252. The molecule has 1 aliphatic heterocycles. The van der Waals surface area contributed by atoms with Gasteiger partial charge in [0.05, 0.1) is 27.0 Å². The molecule has 1 aliphatic rings. The summed E-state index contributed by atoms with van der Waals surface area (Å²) in [5.74, 6) is 2.19. The van der Waals surface area contributed by atoms with E-state index in [-0.39, 0.29) is 11.6 Å². The van der Waals surface area contributed by atoms with E-state index < -0.39 is 0 Å². The Hall–Kier alpha value is -3.77. The number of nitrogens with zero attached hydrogens (tertiary/aromatic N) is 2. The van der Waals surface area contributed by atoms with Crippen LogP contribution in [0, 0.1) is 0 Å². The Morgan fingerprint density at radius 2 is 1.50 bits per heavy atom. The second kappa shape index (κ2) is 9.16. The molecule has 32 heavy (non-hydrogen) atoms. The van der Waals surface area contributed by atoms with Gasteiger partial charge < -0.3 is 14.2 Å². The maximum absolute atomic E-state index is 13.5. The first-order chi connectivity index (χ1) is 15.5. The molecule has 0 radical (unpaired) electrons. The number of amidine groups is 1. The molecular weight excluding hydrogens is 428 g/mol. The summed E-state index contributed by atoms with van der Waals surface area (Å²) in [7, 11) is 4.75. The fraction of sp³-hybridized carbons (Fsp3) is 0.120. The van der Waals surface area contributed by atoms with Crippen molar-refractivity contribution >= 4 is 35.1 Å². The second-order valence-corrected chi connectivity index (χ2v) is 7.35. The zero-order valence-electron chi connectivity index (χ0n) is 17.8. The van der Waals surface area contributed by atoms with Gasteiger partial charge in [-0.05, 0) is 66.7 Å². The van der Waals surface area contributed by atoms with Crippen LogP contribution in [0.4, 0.5) is 5.69 Å². The highest BCUT2D eigenvalue weighted by Crippen LogP contribution is 2.32. The van der Waals surface area contributed by atoms with Crippen LogP contribution in [-0.4, -0.2) is 33.1 Å². The molecule has 0 fully saturated rings. The standard InChI is InChI=1S/C25H21ClN2O4/c1-30-20-12-9-19(10-13-20)28-24(16-4-7-18(26)8-5-16)27-22(25(28)29)14-17-6-11-21(31-2)15-23(17)32-3/h4-15H,1-3H3/b22-14+. The van der Waals surface area contributed by atoms with E-state index in [1.54, 1.807) is 68.7 Å². The molecule has 0 aliphatic carbocycles. The number of halogens is 1. The van der Waals surface area contributed by atoms with E-state index in [9.17, 15) is 4.79 Å². The SMILES string of the molecule is COc1ccc(N2C(=O)/C(=C\c3ccc(OC)cc3OC)N=C2c2ccc(Cl)cc2)cc1. The van der Waals surface area contributed by atoms with Crippen molar-refractivity contribution < 1.29 is 19.0 Å². The number of carbonyl (C=O) groups excluding carboxylic acids is 1. The Kier molecular flexibility index (Phi) is 6.14. The van der Waals surface area contributed by atoms with Gasteiger partial charge in [-0.1, -0.05) is 11.6 Å². The van der Waals surface area contributed by atoms with E-state index in [4.69, 9.17) is 25.8 Å². The van der Waals surface area contributed by atoms with Gasteiger partial charge >= 0.3 is 0 Å². The van der Waals surface area contributed by atoms with E-state index in [0.717, 1.165) is 5.56 Å². The fourth-order valence-corrected chi connectivity index (χ4v) is 3.49. The van der Waals surface area contributed by atoms with Crippen LogP contribution < -0.4 is 19.1 Å². The van der Waals surface area contributed by atoms with Gasteiger partial charge in [-0.15, -0.1) is 0 Å². The summed E-state index contributed by atoms with van der Waals surface area (Å²) < 4.78 is 16.0. The van der Waals surface area contributed by atoms with E-state index >= 15 is 0 Å². The van der Waals surface area contributed by atoms with Crippen molar-refractivity contribution in [2.45, 2.75) is 0 Å². The number of carbonyl (C=O) groups is 1. The van der Waals surface area contributed by atoms with Crippen molar-refractivity contribution in [3.8, 4) is 17.2 Å². The highest BCUT2D eigenvalue weighted by atomic mass is 35.5. The number of benzene rings is 3. The first kappa shape index (κ1) is 21.5. The molecule has 0 saturated carbocycles. The van der Waals surface area contributed by atoms with Gasteiger partial charge in [0.25, 0.3) is 5.91 Å². The number of hydrogen-bond acceptors (Lipinski definition) is 5. The maximum atomic E-state index is 13.5. The predicted molar refractivity (Wildman–Crippen MR) is 126 cm³/mol. The highest BCUT2D eigenvalue weighted by Gasteiger charge is 2.32. The minimum Gasteiger partial charge on any atom is -0.497 e. The van der Waals surface area contributed by atoms with Crippen molar-refractivity contribution in [3.05, 3.63) is 88.6 Å². The first-order valence-electron chi connectivity index (χ1n) is 9.81. The van der Waals surface area contributed by atoms with E-state index in [1.807, 2.05) is 30.3 Å². The van der Waals surface area contributed by atoms with Gasteiger partial charge in [0.2, 0.25) is 0 Å². The third-order valence-electron chi connectivity index (χ3n) is 5.03. The van der Waals surface area contributed by atoms with E-state index in [0.29, 0.717) is 39.4 Å². The van der Waals surface area contributed by atoms with Crippen LogP contribution in [0.3, 0.4) is 0 Å². The molecule has 4 rings (SSSR count). The molecule has 0 unspecified atom stereocenters. The summed E-state index contributed by atoms with van der Waals surface area (Å²) in [6.07, 6.45) is 1.71. The summed E-state index contributed by atoms with van der Waals surface area (Å²) in [5, 5.41) is 0.605. The molecule has 162 valence electrons. The molecule has 0 spiro atoms. The highest BCUT2D eigenvalue weighted by molar-refractivity contribution is 6.34. The van der Waals surface area contributed by atoms with Crippen LogP contribution in [0.5, 0.6) is 17.2 Å². The molecule has 1 heterocycles. The Balaban J connectivity index is 1.81. The monoisotopic (exact) mass is 448 g/mol. The molecule has 0 aromatic heterocycles. The molecule has 1 amide bonds. The van der Waals surface area contributed by atoms with Gasteiger partial charge in [-0.2, -0.15) is 0 Å². The molecule has 3 aromatic carbocycles. The smallest absolute Gasteiger partial charge is 0.282 e. The van der Waals surface area contributed by atoms with Gasteiger partial charge in [0, 0.05) is 22.2 Å². The summed E-state index contributed by atoms with van der Waals surface area (Å²) in [6.45, 7) is 0. The summed E-state index contributed by atoms with van der Waals surface area (Å²) >= 11 is 6.06.